The first-order valence-corrected chi connectivity index (χ1v) is 9.81. The third-order valence-electron chi connectivity index (χ3n) is 5.24. The first-order chi connectivity index (χ1) is 15.7. The number of amides is 1. The van der Waals surface area contributed by atoms with E-state index in [9.17, 15) is 18.0 Å². The summed E-state index contributed by atoms with van der Waals surface area (Å²) in [6.07, 6.45) is -1.35. The van der Waals surface area contributed by atoms with Gasteiger partial charge in [0.25, 0.3) is 5.91 Å². The molecule has 0 radical (unpaired) electrons. The molecule has 168 valence electrons. The van der Waals surface area contributed by atoms with Gasteiger partial charge in [0, 0.05) is 19.3 Å². The van der Waals surface area contributed by atoms with Crippen molar-refractivity contribution in [3.8, 4) is 11.6 Å². The summed E-state index contributed by atoms with van der Waals surface area (Å²) < 4.78 is 45.9. The zero-order chi connectivity index (χ0) is 23.3. The Balaban J connectivity index is 1.37. The lowest BCUT2D eigenvalue weighted by molar-refractivity contribution is -0.137. The molecule has 0 saturated carbocycles. The van der Waals surface area contributed by atoms with E-state index in [1.807, 2.05) is 7.05 Å². The number of halogens is 3. The summed E-state index contributed by atoms with van der Waals surface area (Å²) in [5.74, 6) is 0.0424. The van der Waals surface area contributed by atoms with Gasteiger partial charge in [-0.05, 0) is 31.2 Å². The van der Waals surface area contributed by atoms with E-state index in [0.717, 1.165) is 12.1 Å². The molecule has 1 aromatic carbocycles. The number of hydrogen-bond donors (Lipinski definition) is 2. The first kappa shape index (κ1) is 20.7. The van der Waals surface area contributed by atoms with Crippen LogP contribution in [-0.4, -0.2) is 35.6 Å². The standard InChI is InChI=1S/C21H16F3N7O2/c1-10(27-20(32)17-12-5-6-31(2)19(12)26-9-25-17)14-8-16(33-30-14)18-28-13-4-3-11(21(22,23)24)7-15(13)29-18/h3-10H,1-2H3,(H,27,32)(H,28,29)/t10-/m0/s1. The number of nitrogens with zero attached hydrogens (tertiary/aromatic N) is 5. The van der Waals surface area contributed by atoms with Crippen LogP contribution in [0.2, 0.25) is 0 Å². The number of alkyl halides is 3. The van der Waals surface area contributed by atoms with Gasteiger partial charge in [0.2, 0.25) is 5.76 Å². The Morgan fingerprint density at radius 3 is 2.82 bits per heavy atom. The number of benzene rings is 1. The van der Waals surface area contributed by atoms with Gasteiger partial charge in [0.15, 0.2) is 5.82 Å². The highest BCUT2D eigenvalue weighted by molar-refractivity contribution is 6.03. The topological polar surface area (TPSA) is 115 Å². The van der Waals surface area contributed by atoms with Crippen molar-refractivity contribution in [3.63, 3.8) is 0 Å². The van der Waals surface area contributed by atoms with Crippen molar-refractivity contribution in [2.75, 3.05) is 0 Å². The molecule has 9 nitrogen and oxygen atoms in total. The van der Waals surface area contributed by atoms with Crippen LogP contribution >= 0.6 is 0 Å². The van der Waals surface area contributed by atoms with Crippen LogP contribution in [0.25, 0.3) is 33.7 Å². The summed E-state index contributed by atoms with van der Waals surface area (Å²) in [5.41, 5.74) is 1.06. The number of carbonyl (C=O) groups is 1. The van der Waals surface area contributed by atoms with Gasteiger partial charge < -0.3 is 19.4 Å². The van der Waals surface area contributed by atoms with Gasteiger partial charge >= 0.3 is 6.18 Å². The van der Waals surface area contributed by atoms with Crippen LogP contribution < -0.4 is 5.32 Å². The molecule has 0 aliphatic carbocycles. The minimum atomic E-state index is -4.46. The molecule has 0 fully saturated rings. The predicted octanol–water partition coefficient (Wildman–Crippen LogP) is 4.01. The highest BCUT2D eigenvalue weighted by Gasteiger charge is 2.31. The molecule has 4 heterocycles. The Hall–Kier alpha value is -4.22. The van der Waals surface area contributed by atoms with Gasteiger partial charge in [-0.1, -0.05) is 5.16 Å². The Labute approximate surface area is 183 Å². The Morgan fingerprint density at radius 2 is 2.03 bits per heavy atom. The van der Waals surface area contributed by atoms with Crippen LogP contribution in [0.3, 0.4) is 0 Å². The Kier molecular flexibility index (Phi) is 4.65. The normalized spacial score (nSPS) is 13.0. The smallest absolute Gasteiger partial charge is 0.353 e. The number of aryl methyl sites for hydroxylation is 1. The van der Waals surface area contributed by atoms with Crippen LogP contribution in [0.4, 0.5) is 13.2 Å². The van der Waals surface area contributed by atoms with Crippen LogP contribution in [0.1, 0.15) is 34.7 Å². The number of nitrogens with one attached hydrogen (secondary N) is 2. The maximum Gasteiger partial charge on any atom is 0.416 e. The summed E-state index contributed by atoms with van der Waals surface area (Å²) in [6.45, 7) is 1.72. The third kappa shape index (κ3) is 3.69. The molecule has 2 N–H and O–H groups in total. The number of H-pyrrole nitrogens is 1. The zero-order valence-electron chi connectivity index (χ0n) is 17.3. The molecule has 0 unspecified atom stereocenters. The second-order valence-electron chi connectivity index (χ2n) is 7.51. The number of hydrogen-bond acceptors (Lipinski definition) is 6. The monoisotopic (exact) mass is 455 g/mol. The van der Waals surface area contributed by atoms with Crippen LogP contribution in [0.5, 0.6) is 0 Å². The number of aromatic nitrogens is 6. The largest absolute Gasteiger partial charge is 0.416 e. The van der Waals surface area contributed by atoms with Gasteiger partial charge in [-0.25, -0.2) is 15.0 Å². The number of fused-ring (bicyclic) bond motifs is 2. The lowest BCUT2D eigenvalue weighted by atomic mass is 10.2. The number of imidazole rings is 1. The van der Waals surface area contributed by atoms with Crippen LogP contribution in [0, 0.1) is 0 Å². The van der Waals surface area contributed by atoms with Crippen molar-refractivity contribution in [1.82, 2.24) is 35.0 Å². The minimum Gasteiger partial charge on any atom is -0.353 e. The fraction of sp³-hybridized carbons (Fsp3) is 0.190. The Morgan fingerprint density at radius 1 is 1.21 bits per heavy atom. The maximum absolute atomic E-state index is 12.9. The highest BCUT2D eigenvalue weighted by Crippen LogP contribution is 2.32. The van der Waals surface area contributed by atoms with Crippen molar-refractivity contribution in [3.05, 3.63) is 59.8 Å². The van der Waals surface area contributed by atoms with E-state index < -0.39 is 23.7 Å². The molecule has 33 heavy (non-hydrogen) atoms. The quantitative estimate of drug-likeness (QED) is 0.423. The Bertz CT molecular complexity index is 1500. The SMILES string of the molecule is C[C@H](NC(=O)c1ncnc2c1ccn2C)c1cc(-c2nc3ccc(C(F)(F)F)cc3[nH]2)on1. The van der Waals surface area contributed by atoms with E-state index >= 15 is 0 Å². The molecule has 5 rings (SSSR count). The van der Waals surface area contributed by atoms with E-state index in [-0.39, 0.29) is 22.8 Å². The zero-order valence-corrected chi connectivity index (χ0v) is 17.3. The molecule has 0 bridgehead atoms. The van der Waals surface area contributed by atoms with E-state index in [2.05, 4.69) is 30.4 Å². The van der Waals surface area contributed by atoms with Gasteiger partial charge in [-0.2, -0.15) is 13.2 Å². The fourth-order valence-electron chi connectivity index (χ4n) is 3.50. The first-order valence-electron chi connectivity index (χ1n) is 9.81. The molecule has 0 aliphatic rings. The van der Waals surface area contributed by atoms with E-state index in [0.29, 0.717) is 22.2 Å². The summed E-state index contributed by atoms with van der Waals surface area (Å²) in [6, 6.07) is 6.01. The third-order valence-corrected chi connectivity index (χ3v) is 5.24. The van der Waals surface area contributed by atoms with Gasteiger partial charge in [0.05, 0.1) is 28.0 Å². The molecule has 12 heteroatoms. The van der Waals surface area contributed by atoms with Gasteiger partial charge in [-0.3, -0.25) is 4.79 Å². The average Bonchev–Trinajstić information content (AvgIpc) is 3.50. The molecule has 4 aromatic heterocycles. The molecule has 1 amide bonds. The van der Waals surface area contributed by atoms with Crippen molar-refractivity contribution < 1.29 is 22.5 Å². The molecule has 5 aromatic rings. The van der Waals surface area contributed by atoms with Crippen molar-refractivity contribution in [2.45, 2.75) is 19.1 Å². The second kappa shape index (κ2) is 7.43. The molecular formula is C21H16F3N7O2. The minimum absolute atomic E-state index is 0.217. The van der Waals surface area contributed by atoms with Gasteiger partial charge in [-0.15, -0.1) is 0 Å². The van der Waals surface area contributed by atoms with Crippen LogP contribution in [-0.2, 0) is 13.2 Å². The van der Waals surface area contributed by atoms with Crippen LogP contribution in [0.15, 0.2) is 47.4 Å². The molecular weight excluding hydrogens is 439 g/mol. The molecule has 1 atom stereocenters. The fourth-order valence-corrected chi connectivity index (χ4v) is 3.50. The molecule has 0 saturated heterocycles. The van der Waals surface area contributed by atoms with Gasteiger partial charge in [0.1, 0.15) is 23.4 Å². The summed E-state index contributed by atoms with van der Waals surface area (Å²) in [5, 5.41) is 7.40. The van der Waals surface area contributed by atoms with Crippen molar-refractivity contribution >= 4 is 28.0 Å². The lowest BCUT2D eigenvalue weighted by Crippen LogP contribution is -2.27. The summed E-state index contributed by atoms with van der Waals surface area (Å²) in [7, 11) is 1.82. The molecule has 0 aliphatic heterocycles. The maximum atomic E-state index is 12.9. The average molecular weight is 455 g/mol. The predicted molar refractivity (Wildman–Crippen MR) is 111 cm³/mol. The highest BCUT2D eigenvalue weighted by atomic mass is 19.4. The second-order valence-corrected chi connectivity index (χ2v) is 7.51. The van der Waals surface area contributed by atoms with Crippen molar-refractivity contribution in [2.24, 2.45) is 7.05 Å². The number of carbonyl (C=O) groups excluding carboxylic acids is 1. The summed E-state index contributed by atoms with van der Waals surface area (Å²) >= 11 is 0. The van der Waals surface area contributed by atoms with E-state index in [4.69, 9.17) is 4.52 Å². The van der Waals surface area contributed by atoms with E-state index in [1.165, 1.54) is 12.4 Å². The van der Waals surface area contributed by atoms with E-state index in [1.54, 1.807) is 29.8 Å². The molecule has 0 spiro atoms. The lowest BCUT2D eigenvalue weighted by Gasteiger charge is -2.10. The number of aromatic amines is 1. The number of rotatable bonds is 4. The summed E-state index contributed by atoms with van der Waals surface area (Å²) in [4.78, 5) is 28.1. The van der Waals surface area contributed by atoms with Crippen molar-refractivity contribution in [1.29, 1.82) is 0 Å².